The molecule has 1 heterocycles. The summed E-state index contributed by atoms with van der Waals surface area (Å²) in [5.41, 5.74) is 0.480. The Labute approximate surface area is 132 Å². The molecule has 120 valence electrons. The van der Waals surface area contributed by atoms with Crippen molar-refractivity contribution in [1.29, 1.82) is 5.26 Å². The third kappa shape index (κ3) is 2.96. The summed E-state index contributed by atoms with van der Waals surface area (Å²) in [4.78, 5) is 0.148. The molecule has 1 aliphatic rings. The first-order valence-electron chi connectivity index (χ1n) is 7.41. The van der Waals surface area contributed by atoms with Gasteiger partial charge >= 0.3 is 0 Å². The molecule has 0 N–H and O–H groups in total. The Balaban J connectivity index is 2.45. The number of ether oxygens (including phenoxy) is 1. The van der Waals surface area contributed by atoms with E-state index in [9.17, 15) is 13.7 Å². The van der Waals surface area contributed by atoms with Crippen LogP contribution in [-0.2, 0) is 16.4 Å². The number of nitriles is 1. The van der Waals surface area contributed by atoms with Crippen molar-refractivity contribution in [2.24, 2.45) is 0 Å². The smallest absolute Gasteiger partial charge is 0.247 e. The minimum absolute atomic E-state index is 0.148. The highest BCUT2D eigenvalue weighted by Gasteiger charge is 2.37. The van der Waals surface area contributed by atoms with Gasteiger partial charge in [0.05, 0.1) is 6.07 Å². The van der Waals surface area contributed by atoms with Crippen molar-refractivity contribution in [3.63, 3.8) is 0 Å². The fraction of sp³-hybridized carbons (Fsp3) is 0.562. The summed E-state index contributed by atoms with van der Waals surface area (Å²) in [5, 5.41) is 9.23. The second-order valence-corrected chi connectivity index (χ2v) is 8.20. The maximum atomic E-state index is 12.9. The molecule has 0 spiro atoms. The second-order valence-electron chi connectivity index (χ2n) is 6.24. The van der Waals surface area contributed by atoms with Crippen molar-refractivity contribution in [1.82, 2.24) is 4.31 Å². The Morgan fingerprint density at radius 1 is 1.45 bits per heavy atom. The maximum Gasteiger partial charge on any atom is 0.247 e. The van der Waals surface area contributed by atoms with Gasteiger partial charge in [-0.2, -0.15) is 9.57 Å². The number of para-hydroxylation sites is 1. The molecule has 0 saturated carbocycles. The Morgan fingerprint density at radius 3 is 2.73 bits per heavy atom. The van der Waals surface area contributed by atoms with Gasteiger partial charge in [-0.3, -0.25) is 0 Å². The zero-order valence-electron chi connectivity index (χ0n) is 13.5. The van der Waals surface area contributed by atoms with Crippen molar-refractivity contribution in [2.45, 2.75) is 56.6 Å². The molecule has 1 aromatic rings. The summed E-state index contributed by atoms with van der Waals surface area (Å²) in [6.07, 6.45) is 1.92. The van der Waals surface area contributed by atoms with E-state index in [2.05, 4.69) is 6.07 Å². The largest absolute Gasteiger partial charge is 0.486 e. The number of nitrogens with zero attached hydrogens (tertiary/aromatic N) is 2. The lowest BCUT2D eigenvalue weighted by Crippen LogP contribution is -2.36. The molecule has 0 unspecified atom stereocenters. The SMILES string of the molecule is CCC[C@H](C#N)N(C)S(=O)(=O)c1cccc2c1OC(C)(C)C2. The number of rotatable bonds is 5. The summed E-state index contributed by atoms with van der Waals surface area (Å²) in [6, 6.07) is 6.56. The molecular weight excluding hydrogens is 300 g/mol. The van der Waals surface area contributed by atoms with Gasteiger partial charge in [-0.1, -0.05) is 25.5 Å². The van der Waals surface area contributed by atoms with E-state index in [1.807, 2.05) is 26.8 Å². The van der Waals surface area contributed by atoms with Gasteiger partial charge in [0, 0.05) is 13.5 Å². The minimum Gasteiger partial charge on any atom is -0.486 e. The summed E-state index contributed by atoms with van der Waals surface area (Å²) in [6.45, 7) is 5.79. The van der Waals surface area contributed by atoms with Crippen LogP contribution >= 0.6 is 0 Å². The highest BCUT2D eigenvalue weighted by atomic mass is 32.2. The zero-order valence-corrected chi connectivity index (χ0v) is 14.3. The number of sulfonamides is 1. The van der Waals surface area contributed by atoms with Crippen LogP contribution < -0.4 is 4.74 Å². The molecule has 1 aliphatic heterocycles. The van der Waals surface area contributed by atoms with Crippen LogP contribution in [0.4, 0.5) is 0 Å². The average Bonchev–Trinajstić information content (AvgIpc) is 2.77. The van der Waals surface area contributed by atoms with Gasteiger partial charge in [0.25, 0.3) is 0 Å². The van der Waals surface area contributed by atoms with Crippen LogP contribution in [0, 0.1) is 11.3 Å². The first kappa shape index (κ1) is 16.8. The van der Waals surface area contributed by atoms with Gasteiger partial charge in [0.15, 0.2) is 0 Å². The van der Waals surface area contributed by atoms with Crippen LogP contribution in [0.1, 0.15) is 39.2 Å². The van der Waals surface area contributed by atoms with Gasteiger partial charge in [-0.05, 0) is 31.9 Å². The van der Waals surface area contributed by atoms with Crippen molar-refractivity contribution in [2.75, 3.05) is 7.05 Å². The molecule has 1 aromatic carbocycles. The predicted molar refractivity (Wildman–Crippen MR) is 84.1 cm³/mol. The molecule has 1 atom stereocenters. The number of hydrogen-bond acceptors (Lipinski definition) is 4. The van der Waals surface area contributed by atoms with E-state index in [-0.39, 0.29) is 4.90 Å². The summed E-state index contributed by atoms with van der Waals surface area (Å²) < 4.78 is 32.7. The molecular formula is C16H22N2O3S. The summed E-state index contributed by atoms with van der Waals surface area (Å²) >= 11 is 0. The molecule has 0 radical (unpaired) electrons. The molecule has 5 nitrogen and oxygen atoms in total. The van der Waals surface area contributed by atoms with Crippen LogP contribution in [0.15, 0.2) is 23.1 Å². The summed E-state index contributed by atoms with van der Waals surface area (Å²) in [5.74, 6) is 0.424. The molecule has 6 heteroatoms. The molecule has 0 aliphatic carbocycles. The van der Waals surface area contributed by atoms with E-state index in [4.69, 9.17) is 4.74 Å². The maximum absolute atomic E-state index is 12.9. The van der Waals surface area contributed by atoms with Crippen LogP contribution in [0.25, 0.3) is 0 Å². The van der Waals surface area contributed by atoms with Crippen LogP contribution in [0.2, 0.25) is 0 Å². The van der Waals surface area contributed by atoms with E-state index >= 15 is 0 Å². The van der Waals surface area contributed by atoms with Crippen LogP contribution in [0.3, 0.4) is 0 Å². The molecule has 2 rings (SSSR count). The molecule has 0 bridgehead atoms. The molecule has 0 amide bonds. The third-order valence-corrected chi connectivity index (χ3v) is 5.75. The summed E-state index contributed by atoms with van der Waals surface area (Å²) in [7, 11) is -2.31. The molecule has 0 saturated heterocycles. The predicted octanol–water partition coefficient (Wildman–Crippen LogP) is 2.71. The number of hydrogen-bond donors (Lipinski definition) is 0. The quantitative estimate of drug-likeness (QED) is 0.835. The molecule has 0 aromatic heterocycles. The van der Waals surface area contributed by atoms with E-state index in [0.29, 0.717) is 18.6 Å². The first-order chi connectivity index (χ1) is 10.2. The highest BCUT2D eigenvalue weighted by Crippen LogP contribution is 2.40. The standard InChI is InChI=1S/C16H22N2O3S/c1-5-7-13(11-17)18(4)22(19,20)14-9-6-8-12-10-16(2,3)21-15(12)14/h6,8-9,13H,5,7,10H2,1-4H3/t13-/m1/s1. The Kier molecular flexibility index (Phi) is 4.50. The van der Waals surface area contributed by atoms with Gasteiger partial charge in [0.2, 0.25) is 10.0 Å². The van der Waals surface area contributed by atoms with Crippen molar-refractivity contribution >= 4 is 10.0 Å². The monoisotopic (exact) mass is 322 g/mol. The van der Waals surface area contributed by atoms with Gasteiger partial charge in [0.1, 0.15) is 22.3 Å². The van der Waals surface area contributed by atoms with E-state index in [1.54, 1.807) is 12.1 Å². The molecule has 0 fully saturated rings. The van der Waals surface area contributed by atoms with Gasteiger partial charge < -0.3 is 4.74 Å². The van der Waals surface area contributed by atoms with Crippen molar-refractivity contribution < 1.29 is 13.2 Å². The number of fused-ring (bicyclic) bond motifs is 1. The fourth-order valence-corrected chi connectivity index (χ4v) is 4.17. The second kappa shape index (κ2) is 5.90. The molecule has 22 heavy (non-hydrogen) atoms. The zero-order chi connectivity index (χ0) is 16.5. The van der Waals surface area contributed by atoms with E-state index in [1.165, 1.54) is 7.05 Å². The highest BCUT2D eigenvalue weighted by molar-refractivity contribution is 7.89. The Morgan fingerprint density at radius 2 is 2.14 bits per heavy atom. The van der Waals surface area contributed by atoms with E-state index < -0.39 is 21.7 Å². The van der Waals surface area contributed by atoms with Gasteiger partial charge in [-0.15, -0.1) is 0 Å². The van der Waals surface area contributed by atoms with Crippen LogP contribution in [-0.4, -0.2) is 31.4 Å². The lowest BCUT2D eigenvalue weighted by Gasteiger charge is -2.23. The van der Waals surface area contributed by atoms with Gasteiger partial charge in [-0.25, -0.2) is 8.42 Å². The number of benzene rings is 1. The van der Waals surface area contributed by atoms with Crippen molar-refractivity contribution in [3.05, 3.63) is 23.8 Å². The third-order valence-electron chi connectivity index (χ3n) is 3.86. The van der Waals surface area contributed by atoms with Crippen molar-refractivity contribution in [3.8, 4) is 11.8 Å². The topological polar surface area (TPSA) is 70.4 Å². The normalized spacial score (nSPS) is 17.6. The lowest BCUT2D eigenvalue weighted by atomic mass is 10.0. The lowest BCUT2D eigenvalue weighted by molar-refractivity contribution is 0.135. The first-order valence-corrected chi connectivity index (χ1v) is 8.85. The Hall–Kier alpha value is -1.58. The van der Waals surface area contributed by atoms with Crippen LogP contribution in [0.5, 0.6) is 5.75 Å². The minimum atomic E-state index is -3.76. The van der Waals surface area contributed by atoms with E-state index in [0.717, 1.165) is 16.3 Å². The average molecular weight is 322 g/mol. The Bertz CT molecular complexity index is 705. The fourth-order valence-electron chi connectivity index (χ4n) is 2.71.